The van der Waals surface area contributed by atoms with Crippen LogP contribution in [0.2, 0.25) is 5.02 Å². The van der Waals surface area contributed by atoms with Crippen molar-refractivity contribution in [3.05, 3.63) is 83.6 Å². The number of halogens is 1. The SMILES string of the molecule is O=C(c1cccc(-n2cccc2)c1)N1CCN(c2cccc(Cl)c2)CC1. The van der Waals surface area contributed by atoms with Crippen LogP contribution < -0.4 is 4.90 Å². The van der Waals surface area contributed by atoms with Gasteiger partial charge in [0.2, 0.25) is 0 Å². The topological polar surface area (TPSA) is 28.5 Å². The van der Waals surface area contributed by atoms with Crippen LogP contribution in [0.1, 0.15) is 10.4 Å². The maximum Gasteiger partial charge on any atom is 0.254 e. The lowest BCUT2D eigenvalue weighted by atomic mass is 10.1. The van der Waals surface area contributed by atoms with Crippen LogP contribution in [-0.2, 0) is 0 Å². The van der Waals surface area contributed by atoms with Crippen molar-refractivity contribution in [3.8, 4) is 5.69 Å². The van der Waals surface area contributed by atoms with Crippen LogP contribution in [0.25, 0.3) is 5.69 Å². The molecule has 1 saturated heterocycles. The highest BCUT2D eigenvalue weighted by molar-refractivity contribution is 6.30. The van der Waals surface area contributed by atoms with Gasteiger partial charge in [-0.2, -0.15) is 0 Å². The molecular formula is C21H20ClN3O. The highest BCUT2D eigenvalue weighted by Crippen LogP contribution is 2.21. The molecule has 3 aromatic rings. The summed E-state index contributed by atoms with van der Waals surface area (Å²) >= 11 is 6.09. The lowest BCUT2D eigenvalue weighted by molar-refractivity contribution is 0.0747. The number of amides is 1. The van der Waals surface area contributed by atoms with Gasteiger partial charge in [-0.05, 0) is 48.5 Å². The van der Waals surface area contributed by atoms with Crippen molar-refractivity contribution in [1.82, 2.24) is 9.47 Å². The maximum absolute atomic E-state index is 12.9. The molecule has 0 bridgehead atoms. The quantitative estimate of drug-likeness (QED) is 0.699. The zero-order valence-corrected chi connectivity index (χ0v) is 15.1. The second-order valence-electron chi connectivity index (χ2n) is 6.40. The Labute approximate surface area is 158 Å². The monoisotopic (exact) mass is 365 g/mol. The van der Waals surface area contributed by atoms with Gasteiger partial charge in [-0.25, -0.2) is 0 Å². The van der Waals surface area contributed by atoms with Gasteiger partial charge in [0, 0.05) is 60.5 Å². The van der Waals surface area contributed by atoms with Crippen molar-refractivity contribution >= 4 is 23.2 Å². The van der Waals surface area contributed by atoms with E-state index >= 15 is 0 Å². The number of nitrogens with zero attached hydrogens (tertiary/aromatic N) is 3. The van der Waals surface area contributed by atoms with Crippen LogP contribution in [-0.4, -0.2) is 41.6 Å². The zero-order valence-electron chi connectivity index (χ0n) is 14.4. The van der Waals surface area contributed by atoms with E-state index < -0.39 is 0 Å². The summed E-state index contributed by atoms with van der Waals surface area (Å²) < 4.78 is 2.01. The summed E-state index contributed by atoms with van der Waals surface area (Å²) in [7, 11) is 0. The fourth-order valence-electron chi connectivity index (χ4n) is 3.33. The molecule has 0 radical (unpaired) electrons. The molecule has 1 aliphatic heterocycles. The van der Waals surface area contributed by atoms with Crippen molar-refractivity contribution in [3.63, 3.8) is 0 Å². The number of benzene rings is 2. The smallest absolute Gasteiger partial charge is 0.254 e. The first-order chi connectivity index (χ1) is 12.7. The molecule has 0 N–H and O–H groups in total. The van der Waals surface area contributed by atoms with Gasteiger partial charge < -0.3 is 14.4 Å². The first-order valence-electron chi connectivity index (χ1n) is 8.74. The summed E-state index contributed by atoms with van der Waals surface area (Å²) in [4.78, 5) is 17.1. The number of aromatic nitrogens is 1. The van der Waals surface area contributed by atoms with E-state index in [4.69, 9.17) is 11.6 Å². The Balaban J connectivity index is 1.45. The summed E-state index contributed by atoms with van der Waals surface area (Å²) in [6.07, 6.45) is 3.96. The molecule has 132 valence electrons. The second kappa shape index (κ2) is 7.26. The standard InChI is InChI=1S/C21H20ClN3O/c22-18-6-4-8-20(16-18)24-11-13-25(14-12-24)21(26)17-5-3-7-19(15-17)23-9-1-2-10-23/h1-10,15-16H,11-14H2. The number of piperazine rings is 1. The number of rotatable bonds is 3. The lowest BCUT2D eigenvalue weighted by Gasteiger charge is -2.36. The van der Waals surface area contributed by atoms with Gasteiger partial charge in [0.15, 0.2) is 0 Å². The van der Waals surface area contributed by atoms with Gasteiger partial charge in [0.05, 0.1) is 0 Å². The minimum absolute atomic E-state index is 0.0877. The highest BCUT2D eigenvalue weighted by Gasteiger charge is 2.22. The molecule has 1 fully saturated rings. The van der Waals surface area contributed by atoms with Crippen LogP contribution in [0.4, 0.5) is 5.69 Å². The Morgan fingerprint density at radius 2 is 1.50 bits per heavy atom. The molecule has 0 spiro atoms. The van der Waals surface area contributed by atoms with E-state index in [0.29, 0.717) is 13.1 Å². The molecule has 2 aromatic carbocycles. The average Bonchev–Trinajstić information content (AvgIpc) is 3.23. The maximum atomic E-state index is 12.9. The molecule has 0 saturated carbocycles. The molecule has 1 aliphatic rings. The second-order valence-corrected chi connectivity index (χ2v) is 6.84. The molecule has 1 aromatic heterocycles. The molecule has 2 heterocycles. The van der Waals surface area contributed by atoms with Gasteiger partial charge in [0.25, 0.3) is 5.91 Å². The molecule has 26 heavy (non-hydrogen) atoms. The molecular weight excluding hydrogens is 346 g/mol. The predicted molar refractivity (Wildman–Crippen MR) is 105 cm³/mol. The van der Waals surface area contributed by atoms with Gasteiger partial charge in [-0.3, -0.25) is 4.79 Å². The fraction of sp³-hybridized carbons (Fsp3) is 0.190. The molecule has 1 amide bonds. The number of hydrogen-bond donors (Lipinski definition) is 0. The first kappa shape index (κ1) is 16.7. The van der Waals surface area contributed by atoms with E-state index in [-0.39, 0.29) is 5.91 Å². The van der Waals surface area contributed by atoms with E-state index in [1.165, 1.54) is 0 Å². The Morgan fingerprint density at radius 1 is 0.808 bits per heavy atom. The van der Waals surface area contributed by atoms with Gasteiger partial charge in [-0.15, -0.1) is 0 Å². The van der Waals surface area contributed by atoms with Crippen molar-refractivity contribution < 1.29 is 4.79 Å². The van der Waals surface area contributed by atoms with E-state index in [9.17, 15) is 4.79 Å². The average molecular weight is 366 g/mol. The summed E-state index contributed by atoms with van der Waals surface area (Å²) in [5.41, 5.74) is 2.84. The summed E-state index contributed by atoms with van der Waals surface area (Å²) in [6.45, 7) is 3.03. The van der Waals surface area contributed by atoms with Crippen LogP contribution >= 0.6 is 11.6 Å². The minimum Gasteiger partial charge on any atom is -0.368 e. The Bertz CT molecular complexity index is 899. The molecule has 0 unspecified atom stereocenters. The molecule has 4 rings (SSSR count). The van der Waals surface area contributed by atoms with Crippen LogP contribution in [0, 0.1) is 0 Å². The Kier molecular flexibility index (Phi) is 4.67. The van der Waals surface area contributed by atoms with Gasteiger partial charge in [-0.1, -0.05) is 23.7 Å². The van der Waals surface area contributed by atoms with Crippen molar-refractivity contribution in [2.75, 3.05) is 31.1 Å². The third-order valence-electron chi connectivity index (χ3n) is 4.74. The van der Waals surface area contributed by atoms with E-state index in [1.807, 2.05) is 76.5 Å². The molecule has 0 atom stereocenters. The number of carbonyl (C=O) groups is 1. The van der Waals surface area contributed by atoms with E-state index in [1.54, 1.807) is 0 Å². The van der Waals surface area contributed by atoms with E-state index in [0.717, 1.165) is 35.1 Å². The molecule has 0 aliphatic carbocycles. The first-order valence-corrected chi connectivity index (χ1v) is 9.12. The Morgan fingerprint density at radius 3 is 2.23 bits per heavy atom. The third kappa shape index (κ3) is 3.46. The number of anilines is 1. The fourth-order valence-corrected chi connectivity index (χ4v) is 3.51. The largest absolute Gasteiger partial charge is 0.368 e. The minimum atomic E-state index is 0.0877. The predicted octanol–water partition coefficient (Wildman–Crippen LogP) is 4.09. The number of hydrogen-bond acceptors (Lipinski definition) is 2. The van der Waals surface area contributed by atoms with Gasteiger partial charge >= 0.3 is 0 Å². The number of carbonyl (C=O) groups excluding carboxylic acids is 1. The molecule has 4 nitrogen and oxygen atoms in total. The Hall–Kier alpha value is -2.72. The van der Waals surface area contributed by atoms with Crippen LogP contribution in [0.5, 0.6) is 0 Å². The normalized spacial score (nSPS) is 14.5. The van der Waals surface area contributed by atoms with Crippen molar-refractivity contribution in [2.45, 2.75) is 0 Å². The van der Waals surface area contributed by atoms with E-state index in [2.05, 4.69) is 11.0 Å². The van der Waals surface area contributed by atoms with Crippen LogP contribution in [0.3, 0.4) is 0 Å². The van der Waals surface area contributed by atoms with Crippen molar-refractivity contribution in [1.29, 1.82) is 0 Å². The summed E-state index contributed by atoms with van der Waals surface area (Å²) in [5.74, 6) is 0.0877. The highest BCUT2D eigenvalue weighted by atomic mass is 35.5. The summed E-state index contributed by atoms with van der Waals surface area (Å²) in [6, 6.07) is 19.6. The third-order valence-corrected chi connectivity index (χ3v) is 4.97. The van der Waals surface area contributed by atoms with Crippen LogP contribution in [0.15, 0.2) is 73.1 Å². The van der Waals surface area contributed by atoms with Gasteiger partial charge in [0.1, 0.15) is 0 Å². The summed E-state index contributed by atoms with van der Waals surface area (Å²) in [5, 5.41) is 0.739. The van der Waals surface area contributed by atoms with Crippen molar-refractivity contribution in [2.24, 2.45) is 0 Å². The molecule has 5 heteroatoms. The zero-order chi connectivity index (χ0) is 17.9. The lowest BCUT2D eigenvalue weighted by Crippen LogP contribution is -2.48.